The summed E-state index contributed by atoms with van der Waals surface area (Å²) < 4.78 is 32.1. The largest absolute Gasteiger partial charge is 0.470 e. The number of hydrogen-bond acceptors (Lipinski definition) is 5. The molecular weight excluding hydrogens is 479 g/mol. The van der Waals surface area contributed by atoms with Crippen molar-refractivity contribution >= 4 is 23.6 Å². The Hall–Kier alpha value is -2.84. The fourth-order valence-corrected chi connectivity index (χ4v) is 3.30. The second-order valence-electron chi connectivity index (χ2n) is 11.7. The molecule has 9 nitrogen and oxygen atoms in total. The van der Waals surface area contributed by atoms with Crippen LogP contribution in [0, 0.1) is 28.1 Å². The molecule has 1 saturated heterocycles. The highest BCUT2D eigenvalue weighted by Gasteiger charge is 2.52. The van der Waals surface area contributed by atoms with Crippen molar-refractivity contribution in [2.24, 2.45) is 22.5 Å². The number of nitrogens with one attached hydrogen (secondary N) is 3. The molecule has 0 unspecified atom stereocenters. The van der Waals surface area contributed by atoms with Gasteiger partial charge < -0.3 is 21.7 Å². The first kappa shape index (κ1) is 31.2. The van der Waals surface area contributed by atoms with Gasteiger partial charge in [-0.1, -0.05) is 34.6 Å². The molecule has 0 radical (unpaired) electrons. The van der Waals surface area contributed by atoms with Crippen molar-refractivity contribution in [2.45, 2.75) is 97.3 Å². The lowest BCUT2D eigenvalue weighted by molar-refractivity contribution is -0.169. The van der Waals surface area contributed by atoms with Crippen molar-refractivity contribution < 1.29 is 32.3 Å². The minimum Gasteiger partial charge on any atom is -0.362 e. The van der Waals surface area contributed by atoms with Crippen molar-refractivity contribution in [1.82, 2.24) is 16.0 Å². The number of carbonyl (C=O) groups excluding carboxylic acids is 4. The van der Waals surface area contributed by atoms with Crippen LogP contribution in [-0.4, -0.2) is 47.9 Å². The van der Waals surface area contributed by atoms with Crippen LogP contribution in [-0.2, 0) is 19.2 Å². The summed E-state index contributed by atoms with van der Waals surface area (Å²) in [6.07, 6.45) is 1.41. The van der Waals surface area contributed by atoms with Gasteiger partial charge in [0.2, 0.25) is 17.7 Å². The third kappa shape index (κ3) is 12.7. The van der Waals surface area contributed by atoms with E-state index in [1.54, 1.807) is 0 Å². The Labute approximate surface area is 210 Å². The van der Waals surface area contributed by atoms with Crippen molar-refractivity contribution in [3.05, 3.63) is 0 Å². The van der Waals surface area contributed by atoms with E-state index in [0.29, 0.717) is 12.8 Å². The first-order chi connectivity index (χ1) is 16.3. The molecule has 36 heavy (non-hydrogen) atoms. The number of nitrogens with zero attached hydrogens (tertiary/aromatic N) is 1. The standard InChI is InChI=1S/C17H26N4O3.C5H10.C2H2F3NO/c1-16(2,3)8-13(22)19-10-14(23)20-12(9-18)6-11-7-17(4-5-17)21-15(11)24;1-5(2)3-4-5;3-2(4,5)1(6)7/h11-12H,4-8,10H2,1-3H3,(H,19,22)(H,20,23)(H,21,24);3-4H2,1-2H3;(H2,6,7)/t11-,12+;;/m1../s1. The molecule has 2 atom stereocenters. The van der Waals surface area contributed by atoms with E-state index in [4.69, 9.17) is 4.79 Å². The molecule has 1 heterocycles. The monoisotopic (exact) mass is 517 g/mol. The Bertz CT molecular complexity index is 864. The van der Waals surface area contributed by atoms with Gasteiger partial charge in [0.05, 0.1) is 12.6 Å². The average Bonchev–Trinajstić information content (AvgIpc) is 3.60. The van der Waals surface area contributed by atoms with E-state index in [1.807, 2.05) is 26.8 Å². The van der Waals surface area contributed by atoms with Gasteiger partial charge in [0.25, 0.3) is 0 Å². The maximum atomic E-state index is 11.9. The smallest absolute Gasteiger partial charge is 0.362 e. The molecule has 3 rings (SSSR count). The fourth-order valence-electron chi connectivity index (χ4n) is 3.30. The second kappa shape index (κ2) is 11.9. The molecular formula is C24H38F3N5O4. The highest BCUT2D eigenvalue weighted by Crippen LogP contribution is 2.46. The van der Waals surface area contributed by atoms with Crippen LogP contribution in [0.4, 0.5) is 13.2 Å². The summed E-state index contributed by atoms with van der Waals surface area (Å²) in [5.41, 5.74) is 4.37. The van der Waals surface area contributed by atoms with Gasteiger partial charge in [0.15, 0.2) is 0 Å². The number of halogens is 3. The second-order valence-corrected chi connectivity index (χ2v) is 11.7. The number of hydrogen-bond donors (Lipinski definition) is 4. The molecule has 1 aliphatic heterocycles. The van der Waals surface area contributed by atoms with Crippen LogP contribution < -0.4 is 21.7 Å². The molecule has 2 saturated carbocycles. The highest BCUT2D eigenvalue weighted by molar-refractivity contribution is 5.85. The van der Waals surface area contributed by atoms with E-state index < -0.39 is 24.0 Å². The third-order valence-electron chi connectivity index (χ3n) is 5.93. The van der Waals surface area contributed by atoms with Gasteiger partial charge in [0.1, 0.15) is 6.04 Å². The third-order valence-corrected chi connectivity index (χ3v) is 5.93. The first-order valence-corrected chi connectivity index (χ1v) is 11.9. The Morgan fingerprint density at radius 2 is 1.64 bits per heavy atom. The van der Waals surface area contributed by atoms with Crippen LogP contribution >= 0.6 is 0 Å². The topological polar surface area (TPSA) is 154 Å². The summed E-state index contributed by atoms with van der Waals surface area (Å²) in [4.78, 5) is 44.7. The van der Waals surface area contributed by atoms with Crippen LogP contribution in [0.2, 0.25) is 0 Å². The molecule has 12 heteroatoms. The lowest BCUT2D eigenvalue weighted by Gasteiger charge is -2.18. The van der Waals surface area contributed by atoms with Crippen LogP contribution in [0.3, 0.4) is 0 Å². The lowest BCUT2D eigenvalue weighted by atomic mass is 9.92. The summed E-state index contributed by atoms with van der Waals surface area (Å²) in [5, 5.41) is 17.3. The first-order valence-electron chi connectivity index (χ1n) is 11.9. The zero-order valence-corrected chi connectivity index (χ0v) is 21.6. The molecule has 3 fully saturated rings. The number of amides is 4. The van der Waals surface area contributed by atoms with Gasteiger partial charge >= 0.3 is 12.1 Å². The van der Waals surface area contributed by atoms with Crippen molar-refractivity contribution in [3.63, 3.8) is 0 Å². The van der Waals surface area contributed by atoms with Crippen molar-refractivity contribution in [1.29, 1.82) is 5.26 Å². The zero-order valence-electron chi connectivity index (χ0n) is 21.6. The number of primary amides is 1. The number of nitriles is 1. The van der Waals surface area contributed by atoms with Gasteiger partial charge in [-0.3, -0.25) is 19.2 Å². The molecule has 204 valence electrons. The van der Waals surface area contributed by atoms with Crippen LogP contribution in [0.15, 0.2) is 0 Å². The average molecular weight is 518 g/mol. The highest BCUT2D eigenvalue weighted by atomic mass is 19.4. The SMILES string of the molecule is CC(C)(C)CC(=O)NCC(=O)N[C@H](C#N)C[C@@H]1CC2(CC2)NC1=O.CC1(C)CC1.NC(=O)C(F)(F)F. The molecule has 0 aromatic carbocycles. The van der Waals surface area contributed by atoms with Gasteiger partial charge in [-0.2, -0.15) is 18.4 Å². The van der Waals surface area contributed by atoms with Gasteiger partial charge in [0, 0.05) is 17.9 Å². The summed E-state index contributed by atoms with van der Waals surface area (Å²) in [6.45, 7) is 10.3. The summed E-state index contributed by atoms with van der Waals surface area (Å²) in [6, 6.07) is 1.31. The Kier molecular flexibility index (Phi) is 10.3. The van der Waals surface area contributed by atoms with E-state index in [0.717, 1.165) is 24.7 Å². The van der Waals surface area contributed by atoms with Gasteiger partial charge in [-0.15, -0.1) is 0 Å². The minimum absolute atomic E-state index is 0.0273. The van der Waals surface area contributed by atoms with Crippen LogP contribution in [0.1, 0.15) is 79.6 Å². The normalized spacial score (nSPS) is 21.3. The summed E-state index contributed by atoms with van der Waals surface area (Å²) >= 11 is 0. The Morgan fingerprint density at radius 1 is 1.14 bits per heavy atom. The minimum atomic E-state index is -4.86. The molecule has 4 amide bonds. The van der Waals surface area contributed by atoms with Gasteiger partial charge in [-0.25, -0.2) is 0 Å². The maximum absolute atomic E-state index is 11.9. The van der Waals surface area contributed by atoms with E-state index >= 15 is 0 Å². The molecule has 0 aromatic heterocycles. The predicted octanol–water partition coefficient (Wildman–Crippen LogP) is 2.45. The van der Waals surface area contributed by atoms with Crippen LogP contribution in [0.5, 0.6) is 0 Å². The van der Waals surface area contributed by atoms with Crippen molar-refractivity contribution in [3.8, 4) is 6.07 Å². The zero-order chi connectivity index (χ0) is 27.9. The van der Waals surface area contributed by atoms with E-state index in [1.165, 1.54) is 12.8 Å². The molecule has 2 aliphatic carbocycles. The molecule has 0 aromatic rings. The molecule has 3 aliphatic rings. The summed E-state index contributed by atoms with van der Waals surface area (Å²) in [7, 11) is 0. The summed E-state index contributed by atoms with van der Waals surface area (Å²) in [5.74, 6) is -3.12. The fraction of sp³-hybridized carbons (Fsp3) is 0.792. The van der Waals surface area contributed by atoms with E-state index in [2.05, 4.69) is 35.5 Å². The number of rotatable bonds is 6. The number of carbonyl (C=O) groups is 4. The quantitative estimate of drug-likeness (QED) is 0.426. The molecule has 1 spiro atoms. The lowest BCUT2D eigenvalue weighted by Crippen LogP contribution is -2.43. The number of nitrogens with two attached hydrogens (primary N) is 1. The van der Waals surface area contributed by atoms with E-state index in [9.17, 15) is 32.8 Å². The van der Waals surface area contributed by atoms with Gasteiger partial charge in [-0.05, 0) is 49.4 Å². The molecule has 0 bridgehead atoms. The predicted molar refractivity (Wildman–Crippen MR) is 126 cm³/mol. The van der Waals surface area contributed by atoms with Crippen molar-refractivity contribution in [2.75, 3.05) is 6.54 Å². The Balaban J connectivity index is 0.000000441. The van der Waals surface area contributed by atoms with E-state index in [-0.39, 0.29) is 35.2 Å². The number of alkyl halides is 3. The Morgan fingerprint density at radius 3 is 1.97 bits per heavy atom. The maximum Gasteiger partial charge on any atom is 0.470 e. The molecule has 5 N–H and O–H groups in total. The van der Waals surface area contributed by atoms with Crippen LogP contribution in [0.25, 0.3) is 0 Å².